The second-order valence-electron chi connectivity index (χ2n) is 4.55. The number of aromatic nitrogens is 1. The van der Waals surface area contributed by atoms with E-state index in [4.69, 9.17) is 0 Å². The van der Waals surface area contributed by atoms with Gasteiger partial charge in [0, 0.05) is 18.5 Å². The van der Waals surface area contributed by atoms with E-state index in [0.717, 1.165) is 25.7 Å². The maximum Gasteiger partial charge on any atom is 0.249 e. The smallest absolute Gasteiger partial charge is 0.249 e. The van der Waals surface area contributed by atoms with Crippen LogP contribution in [-0.4, -0.2) is 22.8 Å². The number of nitrogens with zero attached hydrogens (tertiary/aromatic N) is 1. The van der Waals surface area contributed by atoms with Gasteiger partial charge in [-0.1, -0.05) is 12.8 Å². The molecule has 0 bridgehead atoms. The van der Waals surface area contributed by atoms with Crippen molar-refractivity contribution in [3.05, 3.63) is 11.6 Å². The lowest BCUT2D eigenvalue weighted by Crippen LogP contribution is -2.47. The van der Waals surface area contributed by atoms with Crippen molar-refractivity contribution >= 4 is 28.3 Å². The summed E-state index contributed by atoms with van der Waals surface area (Å²) in [5.74, 6) is -0.0814. The van der Waals surface area contributed by atoms with Crippen LogP contribution in [0, 0.1) is 5.92 Å². The molecule has 18 heavy (non-hydrogen) atoms. The molecule has 0 aromatic carbocycles. The summed E-state index contributed by atoms with van der Waals surface area (Å²) in [5, 5.41) is 7.90. The minimum atomic E-state index is -0.436. The summed E-state index contributed by atoms with van der Waals surface area (Å²) in [6.45, 7) is 1.44. The van der Waals surface area contributed by atoms with E-state index in [1.807, 2.05) is 0 Å². The Hall–Kier alpha value is -1.43. The van der Waals surface area contributed by atoms with E-state index in [9.17, 15) is 9.59 Å². The molecule has 0 radical (unpaired) electrons. The van der Waals surface area contributed by atoms with E-state index in [2.05, 4.69) is 15.6 Å². The summed E-state index contributed by atoms with van der Waals surface area (Å²) >= 11 is 1.37. The highest BCUT2D eigenvalue weighted by Crippen LogP contribution is 2.28. The van der Waals surface area contributed by atoms with Crippen molar-refractivity contribution in [1.29, 1.82) is 0 Å². The molecule has 1 aliphatic rings. The molecule has 1 aromatic rings. The zero-order chi connectivity index (χ0) is 13.0. The van der Waals surface area contributed by atoms with Gasteiger partial charge in [-0.2, -0.15) is 0 Å². The normalized spacial score (nSPS) is 17.4. The maximum absolute atomic E-state index is 12.2. The molecule has 1 aliphatic carbocycles. The highest BCUT2D eigenvalue weighted by atomic mass is 32.1. The van der Waals surface area contributed by atoms with E-state index >= 15 is 0 Å². The summed E-state index contributed by atoms with van der Waals surface area (Å²) in [6, 6.07) is -0.436. The molecule has 1 heterocycles. The molecule has 2 N–H and O–H groups in total. The number of hydrogen-bond donors (Lipinski definition) is 2. The van der Waals surface area contributed by atoms with E-state index in [0.29, 0.717) is 5.13 Å². The van der Waals surface area contributed by atoms with Gasteiger partial charge in [0.2, 0.25) is 11.8 Å². The zero-order valence-corrected chi connectivity index (χ0v) is 11.1. The number of anilines is 1. The molecule has 1 saturated carbocycles. The Morgan fingerprint density at radius 1 is 1.44 bits per heavy atom. The van der Waals surface area contributed by atoms with Gasteiger partial charge in [0.25, 0.3) is 0 Å². The maximum atomic E-state index is 12.2. The van der Waals surface area contributed by atoms with Gasteiger partial charge in [-0.05, 0) is 18.8 Å². The SMILES string of the molecule is CC(=O)NC(C(=O)Nc1nccs1)C1CCCC1. The summed E-state index contributed by atoms with van der Waals surface area (Å²) in [7, 11) is 0. The third kappa shape index (κ3) is 3.29. The highest BCUT2D eigenvalue weighted by molar-refractivity contribution is 7.13. The second kappa shape index (κ2) is 5.95. The molecule has 1 aromatic heterocycles. The van der Waals surface area contributed by atoms with Crippen LogP contribution in [0.1, 0.15) is 32.6 Å². The Bertz CT molecular complexity index is 413. The van der Waals surface area contributed by atoms with Crippen molar-refractivity contribution in [2.45, 2.75) is 38.6 Å². The van der Waals surface area contributed by atoms with Crippen LogP contribution in [-0.2, 0) is 9.59 Å². The van der Waals surface area contributed by atoms with Gasteiger partial charge < -0.3 is 10.6 Å². The van der Waals surface area contributed by atoms with Crippen LogP contribution in [0.2, 0.25) is 0 Å². The number of nitrogens with one attached hydrogen (secondary N) is 2. The predicted octanol–water partition coefficient (Wildman–Crippen LogP) is 1.78. The van der Waals surface area contributed by atoms with Crippen LogP contribution in [0.5, 0.6) is 0 Å². The number of amides is 2. The van der Waals surface area contributed by atoms with Crippen molar-refractivity contribution in [3.63, 3.8) is 0 Å². The van der Waals surface area contributed by atoms with Gasteiger partial charge in [0.1, 0.15) is 6.04 Å². The highest BCUT2D eigenvalue weighted by Gasteiger charge is 2.31. The van der Waals surface area contributed by atoms with Crippen LogP contribution in [0.15, 0.2) is 11.6 Å². The van der Waals surface area contributed by atoms with E-state index in [1.54, 1.807) is 11.6 Å². The summed E-state index contributed by atoms with van der Waals surface area (Å²) in [6.07, 6.45) is 5.90. The summed E-state index contributed by atoms with van der Waals surface area (Å²) in [5.41, 5.74) is 0. The molecule has 6 heteroatoms. The van der Waals surface area contributed by atoms with Gasteiger partial charge in [0.15, 0.2) is 5.13 Å². The summed E-state index contributed by atoms with van der Waals surface area (Å²) < 4.78 is 0. The molecule has 0 saturated heterocycles. The second-order valence-corrected chi connectivity index (χ2v) is 5.44. The van der Waals surface area contributed by atoms with Gasteiger partial charge >= 0.3 is 0 Å². The number of carbonyl (C=O) groups is 2. The molecule has 2 amide bonds. The van der Waals surface area contributed by atoms with Gasteiger partial charge in [0.05, 0.1) is 0 Å². The quantitative estimate of drug-likeness (QED) is 0.873. The van der Waals surface area contributed by atoms with Crippen LogP contribution >= 0.6 is 11.3 Å². The average Bonchev–Trinajstić information content (AvgIpc) is 2.97. The number of thiazole rings is 1. The first kappa shape index (κ1) is 13.0. The van der Waals surface area contributed by atoms with E-state index in [-0.39, 0.29) is 17.7 Å². The lowest BCUT2D eigenvalue weighted by molar-refractivity contribution is -0.126. The van der Waals surface area contributed by atoms with Crippen molar-refractivity contribution in [2.75, 3.05) is 5.32 Å². The molecule has 2 rings (SSSR count). The Morgan fingerprint density at radius 2 is 2.17 bits per heavy atom. The molecular weight excluding hydrogens is 250 g/mol. The van der Waals surface area contributed by atoms with Crippen molar-refractivity contribution in [2.24, 2.45) is 5.92 Å². The third-order valence-corrected chi connectivity index (χ3v) is 3.86. The molecule has 5 nitrogen and oxygen atoms in total. The largest absolute Gasteiger partial charge is 0.344 e. The third-order valence-electron chi connectivity index (χ3n) is 3.17. The first-order chi connectivity index (χ1) is 8.66. The molecular formula is C12H17N3O2S. The van der Waals surface area contributed by atoms with Gasteiger partial charge in [-0.25, -0.2) is 4.98 Å². The van der Waals surface area contributed by atoms with Crippen molar-refractivity contribution < 1.29 is 9.59 Å². The Balaban J connectivity index is 2.02. The first-order valence-electron chi connectivity index (χ1n) is 6.14. The molecule has 1 fully saturated rings. The monoisotopic (exact) mass is 267 g/mol. The molecule has 0 aliphatic heterocycles. The fraction of sp³-hybridized carbons (Fsp3) is 0.583. The van der Waals surface area contributed by atoms with E-state index < -0.39 is 6.04 Å². The lowest BCUT2D eigenvalue weighted by atomic mass is 9.97. The molecule has 1 unspecified atom stereocenters. The zero-order valence-electron chi connectivity index (χ0n) is 10.3. The lowest BCUT2D eigenvalue weighted by Gasteiger charge is -2.22. The van der Waals surface area contributed by atoms with Gasteiger partial charge in [-0.15, -0.1) is 11.3 Å². The molecule has 98 valence electrons. The fourth-order valence-corrected chi connectivity index (χ4v) is 2.91. The number of rotatable bonds is 4. The Labute approximate surface area is 110 Å². The minimum Gasteiger partial charge on any atom is -0.344 e. The number of hydrogen-bond acceptors (Lipinski definition) is 4. The van der Waals surface area contributed by atoms with Crippen LogP contribution in [0.3, 0.4) is 0 Å². The average molecular weight is 267 g/mol. The van der Waals surface area contributed by atoms with Crippen LogP contribution < -0.4 is 10.6 Å². The van der Waals surface area contributed by atoms with Crippen molar-refractivity contribution in [1.82, 2.24) is 10.3 Å². The molecule has 0 spiro atoms. The molecule has 1 atom stereocenters. The minimum absolute atomic E-state index is 0.160. The van der Waals surface area contributed by atoms with Gasteiger partial charge in [-0.3, -0.25) is 9.59 Å². The van der Waals surface area contributed by atoms with Crippen LogP contribution in [0.25, 0.3) is 0 Å². The Kier molecular flexibility index (Phi) is 4.30. The van der Waals surface area contributed by atoms with Crippen molar-refractivity contribution in [3.8, 4) is 0 Å². The predicted molar refractivity (Wildman–Crippen MR) is 70.3 cm³/mol. The van der Waals surface area contributed by atoms with E-state index in [1.165, 1.54) is 18.3 Å². The topological polar surface area (TPSA) is 71.1 Å². The number of carbonyl (C=O) groups excluding carboxylic acids is 2. The fourth-order valence-electron chi connectivity index (χ4n) is 2.38. The first-order valence-corrected chi connectivity index (χ1v) is 7.02. The standard InChI is InChI=1S/C12H17N3O2S/c1-8(16)14-10(9-4-2-3-5-9)11(17)15-12-13-6-7-18-12/h6-7,9-10H,2-5H2,1H3,(H,14,16)(H,13,15,17). The van der Waals surface area contributed by atoms with Crippen LogP contribution in [0.4, 0.5) is 5.13 Å². The Morgan fingerprint density at radius 3 is 2.72 bits per heavy atom. The summed E-state index contributed by atoms with van der Waals surface area (Å²) in [4.78, 5) is 27.4.